The highest BCUT2D eigenvalue weighted by atomic mass is 16.5. The summed E-state index contributed by atoms with van der Waals surface area (Å²) in [6, 6.07) is 16.7. The van der Waals surface area contributed by atoms with E-state index in [1.54, 1.807) is 0 Å². The van der Waals surface area contributed by atoms with Crippen molar-refractivity contribution < 1.29 is 4.74 Å². The molecule has 0 saturated carbocycles. The van der Waals surface area contributed by atoms with E-state index in [0.29, 0.717) is 0 Å². The van der Waals surface area contributed by atoms with Crippen LogP contribution in [0.4, 0.5) is 0 Å². The number of aryl methyl sites for hydroxylation is 1. The average molecular weight is 269 g/mol. The molecule has 1 N–H and O–H groups in total. The maximum absolute atomic E-state index is 6.16. The molecule has 2 aromatic carbocycles. The largest absolute Gasteiger partial charge is 0.457 e. The van der Waals surface area contributed by atoms with Crippen molar-refractivity contribution in [2.75, 3.05) is 6.54 Å². The fourth-order valence-electron chi connectivity index (χ4n) is 2.36. The lowest BCUT2D eigenvalue weighted by Crippen LogP contribution is -2.18. The highest BCUT2D eigenvalue weighted by Gasteiger charge is 2.11. The van der Waals surface area contributed by atoms with Gasteiger partial charge < -0.3 is 10.1 Å². The summed E-state index contributed by atoms with van der Waals surface area (Å²) >= 11 is 0. The first-order chi connectivity index (χ1) is 9.76. The molecule has 0 aliphatic rings. The fraction of sp³-hybridized carbons (Fsp3) is 0.333. The molecular weight excluding hydrogens is 246 g/mol. The summed E-state index contributed by atoms with van der Waals surface area (Å²) < 4.78 is 6.16. The molecule has 2 nitrogen and oxygen atoms in total. The lowest BCUT2D eigenvalue weighted by molar-refractivity contribution is 0.458. The van der Waals surface area contributed by atoms with Crippen LogP contribution in [-0.4, -0.2) is 6.54 Å². The Morgan fingerprint density at radius 3 is 2.30 bits per heavy atom. The van der Waals surface area contributed by atoms with E-state index in [1.807, 2.05) is 24.3 Å². The number of hydrogen-bond donors (Lipinski definition) is 1. The SMILES string of the molecule is CCNC(C)c1ccccc1Oc1ccccc1CC. The highest BCUT2D eigenvalue weighted by molar-refractivity contribution is 5.42. The standard InChI is InChI=1S/C18H23NO/c1-4-15-10-6-8-12-17(15)20-18-13-9-7-11-16(18)14(3)19-5-2/h6-14,19H,4-5H2,1-3H3. The van der Waals surface area contributed by atoms with Gasteiger partial charge in [0.25, 0.3) is 0 Å². The van der Waals surface area contributed by atoms with Gasteiger partial charge in [0.1, 0.15) is 11.5 Å². The van der Waals surface area contributed by atoms with E-state index in [2.05, 4.69) is 50.4 Å². The third-order valence-corrected chi connectivity index (χ3v) is 3.47. The van der Waals surface area contributed by atoms with Crippen LogP contribution in [-0.2, 0) is 6.42 Å². The fourth-order valence-corrected chi connectivity index (χ4v) is 2.36. The zero-order valence-corrected chi connectivity index (χ0v) is 12.5. The summed E-state index contributed by atoms with van der Waals surface area (Å²) in [7, 11) is 0. The van der Waals surface area contributed by atoms with Crippen molar-refractivity contribution >= 4 is 0 Å². The molecule has 0 radical (unpaired) electrons. The van der Waals surface area contributed by atoms with Gasteiger partial charge in [-0.1, -0.05) is 50.2 Å². The Kier molecular flexibility index (Phi) is 5.19. The van der Waals surface area contributed by atoms with Crippen molar-refractivity contribution in [3.8, 4) is 11.5 Å². The molecule has 1 unspecified atom stereocenters. The van der Waals surface area contributed by atoms with Gasteiger partial charge in [-0.25, -0.2) is 0 Å². The first-order valence-electron chi connectivity index (χ1n) is 7.34. The van der Waals surface area contributed by atoms with Crippen LogP contribution in [0.2, 0.25) is 0 Å². The molecule has 2 rings (SSSR count). The van der Waals surface area contributed by atoms with E-state index in [9.17, 15) is 0 Å². The Labute approximate surface area is 121 Å². The van der Waals surface area contributed by atoms with E-state index in [1.165, 1.54) is 11.1 Å². The second kappa shape index (κ2) is 7.11. The Bertz CT molecular complexity index is 551. The number of nitrogens with one attached hydrogen (secondary N) is 1. The van der Waals surface area contributed by atoms with Crippen LogP contribution in [0.3, 0.4) is 0 Å². The quantitative estimate of drug-likeness (QED) is 0.820. The summed E-state index contributed by atoms with van der Waals surface area (Å²) in [5.41, 5.74) is 2.43. The minimum Gasteiger partial charge on any atom is -0.457 e. The third kappa shape index (κ3) is 3.40. The van der Waals surface area contributed by atoms with E-state index in [0.717, 1.165) is 24.5 Å². The first kappa shape index (κ1) is 14.6. The molecule has 20 heavy (non-hydrogen) atoms. The Hall–Kier alpha value is -1.80. The Balaban J connectivity index is 2.29. The van der Waals surface area contributed by atoms with Gasteiger partial charge >= 0.3 is 0 Å². The minimum atomic E-state index is 0.282. The molecule has 106 valence electrons. The number of rotatable bonds is 6. The maximum Gasteiger partial charge on any atom is 0.132 e. The van der Waals surface area contributed by atoms with Crippen molar-refractivity contribution in [3.05, 3.63) is 59.7 Å². The number of ether oxygens (including phenoxy) is 1. The molecular formula is C18H23NO. The van der Waals surface area contributed by atoms with Crippen molar-refractivity contribution in [2.24, 2.45) is 0 Å². The van der Waals surface area contributed by atoms with Gasteiger partial charge in [-0.15, -0.1) is 0 Å². The summed E-state index contributed by atoms with van der Waals surface area (Å²) in [6.45, 7) is 7.38. The van der Waals surface area contributed by atoms with Crippen molar-refractivity contribution in [1.82, 2.24) is 5.32 Å². The first-order valence-corrected chi connectivity index (χ1v) is 7.34. The lowest BCUT2D eigenvalue weighted by atomic mass is 10.1. The predicted molar refractivity (Wildman–Crippen MR) is 84.4 cm³/mol. The van der Waals surface area contributed by atoms with Crippen molar-refractivity contribution in [2.45, 2.75) is 33.2 Å². The van der Waals surface area contributed by atoms with Crippen LogP contribution < -0.4 is 10.1 Å². The second-order valence-corrected chi connectivity index (χ2v) is 4.88. The smallest absolute Gasteiger partial charge is 0.132 e. The molecule has 0 spiro atoms. The van der Waals surface area contributed by atoms with Crippen LogP contribution in [0.1, 0.15) is 37.9 Å². The van der Waals surface area contributed by atoms with Gasteiger partial charge in [0.15, 0.2) is 0 Å². The minimum absolute atomic E-state index is 0.282. The molecule has 0 aromatic heterocycles. The summed E-state index contributed by atoms with van der Waals surface area (Å²) in [4.78, 5) is 0. The Morgan fingerprint density at radius 1 is 0.950 bits per heavy atom. The molecule has 0 fully saturated rings. The lowest BCUT2D eigenvalue weighted by Gasteiger charge is -2.18. The van der Waals surface area contributed by atoms with E-state index in [-0.39, 0.29) is 6.04 Å². The molecule has 0 aliphatic heterocycles. The molecule has 0 bridgehead atoms. The van der Waals surface area contributed by atoms with Crippen LogP contribution in [0.25, 0.3) is 0 Å². The monoisotopic (exact) mass is 269 g/mol. The Morgan fingerprint density at radius 2 is 1.60 bits per heavy atom. The molecule has 0 heterocycles. The van der Waals surface area contributed by atoms with Crippen LogP contribution in [0, 0.1) is 0 Å². The van der Waals surface area contributed by atoms with Crippen LogP contribution >= 0.6 is 0 Å². The van der Waals surface area contributed by atoms with Crippen molar-refractivity contribution in [1.29, 1.82) is 0 Å². The second-order valence-electron chi connectivity index (χ2n) is 4.88. The molecule has 0 aliphatic carbocycles. The average Bonchev–Trinajstić information content (AvgIpc) is 2.48. The molecule has 0 saturated heterocycles. The normalized spacial score (nSPS) is 12.2. The van der Waals surface area contributed by atoms with Gasteiger partial charge in [-0.3, -0.25) is 0 Å². The zero-order chi connectivity index (χ0) is 14.4. The molecule has 2 aromatic rings. The highest BCUT2D eigenvalue weighted by Crippen LogP contribution is 2.31. The third-order valence-electron chi connectivity index (χ3n) is 3.47. The number of para-hydroxylation sites is 2. The topological polar surface area (TPSA) is 21.3 Å². The predicted octanol–water partition coefficient (Wildman–Crippen LogP) is 4.71. The number of hydrogen-bond acceptors (Lipinski definition) is 2. The van der Waals surface area contributed by atoms with Gasteiger partial charge in [-0.2, -0.15) is 0 Å². The van der Waals surface area contributed by atoms with E-state index in [4.69, 9.17) is 4.74 Å². The maximum atomic E-state index is 6.16. The van der Waals surface area contributed by atoms with Gasteiger partial charge in [0.05, 0.1) is 0 Å². The van der Waals surface area contributed by atoms with Crippen molar-refractivity contribution in [3.63, 3.8) is 0 Å². The summed E-state index contributed by atoms with van der Waals surface area (Å²) in [5, 5.41) is 3.44. The number of benzene rings is 2. The van der Waals surface area contributed by atoms with Crippen LogP contribution in [0.15, 0.2) is 48.5 Å². The summed E-state index contributed by atoms with van der Waals surface area (Å²) in [6.07, 6.45) is 0.973. The van der Waals surface area contributed by atoms with Crippen LogP contribution in [0.5, 0.6) is 11.5 Å². The molecule has 2 heteroatoms. The van der Waals surface area contributed by atoms with E-state index < -0.39 is 0 Å². The van der Waals surface area contributed by atoms with Gasteiger partial charge in [-0.05, 0) is 37.6 Å². The van der Waals surface area contributed by atoms with Gasteiger partial charge in [0.2, 0.25) is 0 Å². The van der Waals surface area contributed by atoms with E-state index >= 15 is 0 Å². The molecule has 1 atom stereocenters. The zero-order valence-electron chi connectivity index (χ0n) is 12.5. The van der Waals surface area contributed by atoms with Gasteiger partial charge in [0, 0.05) is 11.6 Å². The molecule has 0 amide bonds. The summed E-state index contributed by atoms with van der Waals surface area (Å²) in [5.74, 6) is 1.88.